The van der Waals surface area contributed by atoms with Crippen molar-refractivity contribution in [3.05, 3.63) is 35.1 Å². The standard InChI is InChI=1S/C15H25FN2/c1-12(2)10-17-5-6-18(4)11-14-7-13(3)8-15(16)9-14/h7-9,12,17H,5-6,10-11H2,1-4H3. The Labute approximate surface area is 110 Å². The lowest BCUT2D eigenvalue weighted by Crippen LogP contribution is -2.30. The molecule has 18 heavy (non-hydrogen) atoms. The third kappa shape index (κ3) is 6.12. The van der Waals surface area contributed by atoms with Crippen molar-refractivity contribution in [2.45, 2.75) is 27.3 Å². The predicted octanol–water partition coefficient (Wildman–Crippen LogP) is 2.81. The van der Waals surface area contributed by atoms with Gasteiger partial charge in [-0.05, 0) is 49.7 Å². The minimum absolute atomic E-state index is 0.142. The highest BCUT2D eigenvalue weighted by Gasteiger charge is 2.03. The van der Waals surface area contributed by atoms with Gasteiger partial charge >= 0.3 is 0 Å². The highest BCUT2D eigenvalue weighted by molar-refractivity contribution is 5.23. The number of aryl methyl sites for hydroxylation is 1. The van der Waals surface area contributed by atoms with Crippen molar-refractivity contribution < 1.29 is 4.39 Å². The molecule has 3 heteroatoms. The Bertz CT molecular complexity index is 343. The first-order chi connectivity index (χ1) is 8.47. The van der Waals surface area contributed by atoms with E-state index in [-0.39, 0.29) is 5.82 Å². The van der Waals surface area contributed by atoms with Crippen LogP contribution in [0.3, 0.4) is 0 Å². The normalized spacial score (nSPS) is 11.5. The summed E-state index contributed by atoms with van der Waals surface area (Å²) in [5.74, 6) is 0.539. The summed E-state index contributed by atoms with van der Waals surface area (Å²) in [6.45, 7) is 10.1. The second-order valence-corrected chi connectivity index (χ2v) is 5.47. The molecule has 0 amide bonds. The zero-order chi connectivity index (χ0) is 13.5. The lowest BCUT2D eigenvalue weighted by molar-refractivity contribution is 0.321. The van der Waals surface area contributed by atoms with E-state index in [4.69, 9.17) is 0 Å². The highest BCUT2D eigenvalue weighted by atomic mass is 19.1. The summed E-state index contributed by atoms with van der Waals surface area (Å²) >= 11 is 0. The van der Waals surface area contributed by atoms with E-state index >= 15 is 0 Å². The van der Waals surface area contributed by atoms with Crippen LogP contribution in [-0.2, 0) is 6.54 Å². The van der Waals surface area contributed by atoms with Crippen molar-refractivity contribution >= 4 is 0 Å². The summed E-state index contributed by atoms with van der Waals surface area (Å²) in [7, 11) is 2.07. The van der Waals surface area contributed by atoms with E-state index in [1.54, 1.807) is 12.1 Å². The van der Waals surface area contributed by atoms with Crippen LogP contribution in [0.4, 0.5) is 4.39 Å². The van der Waals surface area contributed by atoms with E-state index in [9.17, 15) is 4.39 Å². The quantitative estimate of drug-likeness (QED) is 0.751. The minimum atomic E-state index is -0.142. The predicted molar refractivity (Wildman–Crippen MR) is 75.2 cm³/mol. The Kier molecular flexibility index (Phi) is 6.30. The Morgan fingerprint density at radius 2 is 2.00 bits per heavy atom. The maximum absolute atomic E-state index is 13.2. The van der Waals surface area contributed by atoms with E-state index in [0.29, 0.717) is 5.92 Å². The molecule has 0 saturated carbocycles. The molecule has 0 unspecified atom stereocenters. The number of hydrogen-bond acceptors (Lipinski definition) is 2. The zero-order valence-corrected chi connectivity index (χ0v) is 12.0. The Balaban J connectivity index is 2.33. The molecule has 0 aliphatic heterocycles. The fraction of sp³-hybridized carbons (Fsp3) is 0.600. The molecule has 0 aliphatic rings. The van der Waals surface area contributed by atoms with Gasteiger partial charge in [-0.2, -0.15) is 0 Å². The van der Waals surface area contributed by atoms with Gasteiger partial charge in [-0.15, -0.1) is 0 Å². The van der Waals surface area contributed by atoms with Crippen LogP contribution in [0.2, 0.25) is 0 Å². The van der Waals surface area contributed by atoms with Crippen LogP contribution in [0.1, 0.15) is 25.0 Å². The van der Waals surface area contributed by atoms with Gasteiger partial charge in [-0.3, -0.25) is 0 Å². The Morgan fingerprint density at radius 1 is 1.28 bits per heavy atom. The molecule has 1 aromatic rings. The van der Waals surface area contributed by atoms with Crippen LogP contribution in [0.15, 0.2) is 18.2 Å². The van der Waals surface area contributed by atoms with Gasteiger partial charge in [0.05, 0.1) is 0 Å². The summed E-state index contributed by atoms with van der Waals surface area (Å²) in [6, 6.07) is 5.22. The summed E-state index contributed by atoms with van der Waals surface area (Å²) in [6.07, 6.45) is 0. The van der Waals surface area contributed by atoms with Gasteiger partial charge in [0.2, 0.25) is 0 Å². The second kappa shape index (κ2) is 7.49. The van der Waals surface area contributed by atoms with Crippen LogP contribution < -0.4 is 5.32 Å². The summed E-state index contributed by atoms with van der Waals surface area (Å²) in [5.41, 5.74) is 2.02. The minimum Gasteiger partial charge on any atom is -0.315 e. The molecule has 1 rings (SSSR count). The summed E-state index contributed by atoms with van der Waals surface area (Å²) < 4.78 is 13.2. The third-order valence-corrected chi connectivity index (χ3v) is 2.78. The highest BCUT2D eigenvalue weighted by Crippen LogP contribution is 2.10. The fourth-order valence-corrected chi connectivity index (χ4v) is 1.95. The summed E-state index contributed by atoms with van der Waals surface area (Å²) in [5, 5.41) is 3.41. The molecule has 0 aromatic heterocycles. The number of nitrogens with one attached hydrogen (secondary N) is 1. The average molecular weight is 252 g/mol. The van der Waals surface area contributed by atoms with E-state index in [1.807, 2.05) is 13.0 Å². The monoisotopic (exact) mass is 252 g/mol. The van der Waals surface area contributed by atoms with Gasteiger partial charge in [0.15, 0.2) is 0 Å². The number of likely N-dealkylation sites (N-methyl/N-ethyl adjacent to an activating group) is 1. The van der Waals surface area contributed by atoms with Crippen molar-refractivity contribution in [3.8, 4) is 0 Å². The van der Waals surface area contributed by atoms with Crippen LogP contribution in [-0.4, -0.2) is 31.6 Å². The number of benzene rings is 1. The fourth-order valence-electron chi connectivity index (χ4n) is 1.95. The van der Waals surface area contributed by atoms with Crippen molar-refractivity contribution in [1.29, 1.82) is 0 Å². The van der Waals surface area contributed by atoms with Crippen LogP contribution in [0, 0.1) is 18.7 Å². The molecule has 0 radical (unpaired) electrons. The van der Waals surface area contributed by atoms with E-state index in [2.05, 4.69) is 31.1 Å². The van der Waals surface area contributed by atoms with Gasteiger partial charge in [0.1, 0.15) is 5.82 Å². The zero-order valence-electron chi connectivity index (χ0n) is 12.0. The largest absolute Gasteiger partial charge is 0.315 e. The maximum Gasteiger partial charge on any atom is 0.123 e. The molecule has 0 saturated heterocycles. The van der Waals surface area contributed by atoms with Gasteiger partial charge in [-0.25, -0.2) is 4.39 Å². The molecule has 0 heterocycles. The van der Waals surface area contributed by atoms with Crippen molar-refractivity contribution in [1.82, 2.24) is 10.2 Å². The number of nitrogens with zero attached hydrogens (tertiary/aromatic N) is 1. The number of halogens is 1. The van der Waals surface area contributed by atoms with Gasteiger partial charge in [0.25, 0.3) is 0 Å². The molecule has 0 spiro atoms. The topological polar surface area (TPSA) is 15.3 Å². The molecular weight excluding hydrogens is 227 g/mol. The first-order valence-corrected chi connectivity index (χ1v) is 6.62. The SMILES string of the molecule is Cc1cc(F)cc(CN(C)CCNCC(C)C)c1. The van der Waals surface area contributed by atoms with Crippen molar-refractivity contribution in [3.63, 3.8) is 0 Å². The molecule has 0 aliphatic carbocycles. The molecule has 1 aromatic carbocycles. The smallest absolute Gasteiger partial charge is 0.123 e. The molecule has 0 atom stereocenters. The number of rotatable bonds is 7. The lowest BCUT2D eigenvalue weighted by Gasteiger charge is -2.18. The first-order valence-electron chi connectivity index (χ1n) is 6.62. The first kappa shape index (κ1) is 15.1. The Morgan fingerprint density at radius 3 is 2.61 bits per heavy atom. The molecular formula is C15H25FN2. The molecule has 1 N–H and O–H groups in total. The number of hydrogen-bond donors (Lipinski definition) is 1. The van der Waals surface area contributed by atoms with Crippen LogP contribution in [0.25, 0.3) is 0 Å². The van der Waals surface area contributed by atoms with Crippen LogP contribution in [0.5, 0.6) is 0 Å². The summed E-state index contributed by atoms with van der Waals surface area (Å²) in [4.78, 5) is 2.21. The second-order valence-electron chi connectivity index (χ2n) is 5.47. The van der Waals surface area contributed by atoms with Crippen molar-refractivity contribution in [2.24, 2.45) is 5.92 Å². The molecule has 2 nitrogen and oxygen atoms in total. The van der Waals surface area contributed by atoms with Gasteiger partial charge < -0.3 is 10.2 Å². The van der Waals surface area contributed by atoms with Crippen LogP contribution >= 0.6 is 0 Å². The third-order valence-electron chi connectivity index (χ3n) is 2.78. The van der Waals surface area contributed by atoms with E-state index in [0.717, 1.165) is 37.3 Å². The van der Waals surface area contributed by atoms with E-state index < -0.39 is 0 Å². The lowest BCUT2D eigenvalue weighted by atomic mass is 10.1. The van der Waals surface area contributed by atoms with Gasteiger partial charge in [0, 0.05) is 19.6 Å². The van der Waals surface area contributed by atoms with Crippen molar-refractivity contribution in [2.75, 3.05) is 26.7 Å². The molecule has 102 valence electrons. The van der Waals surface area contributed by atoms with E-state index in [1.165, 1.54) is 0 Å². The average Bonchev–Trinajstić information content (AvgIpc) is 2.22. The molecule has 0 bridgehead atoms. The molecule has 0 fully saturated rings. The maximum atomic E-state index is 13.2. The van der Waals surface area contributed by atoms with Gasteiger partial charge in [-0.1, -0.05) is 19.9 Å². The Hall–Kier alpha value is -0.930.